The van der Waals surface area contributed by atoms with Crippen molar-refractivity contribution >= 4 is 50.1 Å². The van der Waals surface area contributed by atoms with E-state index < -0.39 is 0 Å². The fourth-order valence-electron chi connectivity index (χ4n) is 1.73. The summed E-state index contributed by atoms with van der Waals surface area (Å²) in [6.45, 7) is 4.00. The van der Waals surface area contributed by atoms with E-state index in [2.05, 4.69) is 43.8 Å². The van der Waals surface area contributed by atoms with Gasteiger partial charge in [0, 0.05) is 13.7 Å². The molecule has 0 fully saturated rings. The van der Waals surface area contributed by atoms with Gasteiger partial charge in [-0.2, -0.15) is 0 Å². The highest BCUT2D eigenvalue weighted by Crippen LogP contribution is 2.22. The molecule has 98 valence electrons. The summed E-state index contributed by atoms with van der Waals surface area (Å²) in [6.07, 6.45) is 0. The summed E-state index contributed by atoms with van der Waals surface area (Å²) in [5.41, 5.74) is 3.69. The van der Waals surface area contributed by atoms with Crippen LogP contribution in [0.1, 0.15) is 21.5 Å². The lowest BCUT2D eigenvalue weighted by atomic mass is 10.1. The molecular formula is C15H13BrINO. The molecule has 2 aromatic rings. The monoisotopic (exact) mass is 429 g/mol. The first-order valence-electron chi connectivity index (χ1n) is 5.81. The van der Waals surface area contributed by atoms with Gasteiger partial charge in [0.25, 0.3) is 5.91 Å². The molecule has 1 amide bonds. The molecule has 1 N–H and O–H groups in total. The summed E-state index contributed by atoms with van der Waals surface area (Å²) in [5, 5.41) is 2.96. The fraction of sp³-hybridized carbons (Fsp3) is 0.133. The largest absolute Gasteiger partial charge is 0.322 e. The predicted octanol–water partition coefficient (Wildman–Crippen LogP) is 4.92. The van der Waals surface area contributed by atoms with E-state index in [0.717, 1.165) is 24.9 Å². The minimum absolute atomic E-state index is 0.0981. The van der Waals surface area contributed by atoms with Gasteiger partial charge in [-0.25, -0.2) is 0 Å². The van der Waals surface area contributed by atoms with E-state index >= 15 is 0 Å². The Morgan fingerprint density at radius 2 is 1.89 bits per heavy atom. The molecule has 4 heteroatoms. The van der Waals surface area contributed by atoms with Crippen LogP contribution in [0.15, 0.2) is 40.9 Å². The molecule has 0 spiro atoms. The van der Waals surface area contributed by atoms with Crippen molar-refractivity contribution in [3.8, 4) is 0 Å². The molecule has 2 aromatic carbocycles. The Morgan fingerprint density at radius 3 is 2.63 bits per heavy atom. The third-order valence-electron chi connectivity index (χ3n) is 2.81. The zero-order valence-corrected chi connectivity index (χ0v) is 14.4. The lowest BCUT2D eigenvalue weighted by Gasteiger charge is -2.10. The van der Waals surface area contributed by atoms with E-state index in [0.29, 0.717) is 5.56 Å². The van der Waals surface area contributed by atoms with Crippen LogP contribution in [0.3, 0.4) is 0 Å². The highest BCUT2D eigenvalue weighted by molar-refractivity contribution is 14.1. The van der Waals surface area contributed by atoms with Gasteiger partial charge in [-0.1, -0.05) is 12.1 Å². The maximum Gasteiger partial charge on any atom is 0.256 e. The minimum atomic E-state index is -0.0981. The third-order valence-corrected chi connectivity index (χ3v) is 4.18. The van der Waals surface area contributed by atoms with Crippen LogP contribution in [-0.4, -0.2) is 5.91 Å². The van der Waals surface area contributed by atoms with Crippen molar-refractivity contribution in [2.24, 2.45) is 0 Å². The highest BCUT2D eigenvalue weighted by atomic mass is 127. The average molecular weight is 430 g/mol. The molecule has 0 aromatic heterocycles. The van der Waals surface area contributed by atoms with Gasteiger partial charge < -0.3 is 5.32 Å². The fourth-order valence-corrected chi connectivity index (χ4v) is 2.65. The van der Waals surface area contributed by atoms with Gasteiger partial charge in [0.15, 0.2) is 0 Å². The Kier molecular flexibility index (Phi) is 4.62. The Morgan fingerprint density at radius 1 is 1.16 bits per heavy atom. The van der Waals surface area contributed by atoms with Crippen molar-refractivity contribution in [1.82, 2.24) is 0 Å². The Labute approximate surface area is 134 Å². The molecule has 0 aliphatic rings. The van der Waals surface area contributed by atoms with E-state index in [1.54, 1.807) is 0 Å². The van der Waals surface area contributed by atoms with Crippen molar-refractivity contribution in [2.75, 3.05) is 5.32 Å². The average Bonchev–Trinajstić information content (AvgIpc) is 2.36. The van der Waals surface area contributed by atoms with Gasteiger partial charge in [0.05, 0.1) is 5.56 Å². The molecule has 19 heavy (non-hydrogen) atoms. The number of carbonyl (C=O) groups excluding carboxylic acids is 1. The lowest BCUT2D eigenvalue weighted by Crippen LogP contribution is -2.13. The zero-order chi connectivity index (χ0) is 14.0. The van der Waals surface area contributed by atoms with Crippen molar-refractivity contribution in [1.29, 1.82) is 0 Å². The van der Waals surface area contributed by atoms with Crippen LogP contribution < -0.4 is 5.32 Å². The van der Waals surface area contributed by atoms with Crippen molar-refractivity contribution < 1.29 is 4.79 Å². The topological polar surface area (TPSA) is 29.1 Å². The van der Waals surface area contributed by atoms with Gasteiger partial charge >= 0.3 is 0 Å². The summed E-state index contributed by atoms with van der Waals surface area (Å²) >= 11 is 5.61. The van der Waals surface area contributed by atoms with Crippen molar-refractivity contribution in [3.05, 3.63) is 61.1 Å². The van der Waals surface area contributed by atoms with Crippen LogP contribution in [0, 0.1) is 17.4 Å². The number of benzene rings is 2. The molecule has 0 unspecified atom stereocenters. The molecule has 0 saturated carbocycles. The van der Waals surface area contributed by atoms with Gasteiger partial charge in [0.2, 0.25) is 0 Å². The van der Waals surface area contributed by atoms with E-state index in [1.807, 2.05) is 50.2 Å². The molecule has 2 nitrogen and oxygen atoms in total. The Bertz CT molecular complexity index is 640. The summed E-state index contributed by atoms with van der Waals surface area (Å²) in [5.74, 6) is -0.0981. The molecule has 0 radical (unpaired) electrons. The van der Waals surface area contributed by atoms with Gasteiger partial charge in [-0.05, 0) is 87.8 Å². The number of carbonyl (C=O) groups is 1. The van der Waals surface area contributed by atoms with Gasteiger partial charge in [0.1, 0.15) is 0 Å². The summed E-state index contributed by atoms with van der Waals surface area (Å²) in [6, 6.07) is 11.7. The standard InChI is InChI=1S/C15H13BrINO/c1-9-3-4-10(2)14(7-9)18-15(19)12-8-11(17)5-6-13(12)16/h3-8H,1-2H3,(H,18,19). The molecule has 0 bridgehead atoms. The first-order valence-corrected chi connectivity index (χ1v) is 7.68. The maximum absolute atomic E-state index is 12.3. The number of amides is 1. The number of aryl methyl sites for hydroxylation is 2. The van der Waals surface area contributed by atoms with Gasteiger partial charge in [-0.15, -0.1) is 0 Å². The minimum Gasteiger partial charge on any atom is -0.322 e. The SMILES string of the molecule is Cc1ccc(C)c(NC(=O)c2cc(I)ccc2Br)c1. The number of hydrogen-bond donors (Lipinski definition) is 1. The third kappa shape index (κ3) is 3.57. The van der Waals surface area contributed by atoms with E-state index in [9.17, 15) is 4.79 Å². The maximum atomic E-state index is 12.3. The second-order valence-electron chi connectivity index (χ2n) is 4.40. The highest BCUT2D eigenvalue weighted by Gasteiger charge is 2.11. The summed E-state index contributed by atoms with van der Waals surface area (Å²) in [7, 11) is 0. The molecule has 0 saturated heterocycles. The number of nitrogens with one attached hydrogen (secondary N) is 1. The van der Waals surface area contributed by atoms with Crippen molar-refractivity contribution in [2.45, 2.75) is 13.8 Å². The summed E-state index contributed by atoms with van der Waals surface area (Å²) in [4.78, 5) is 12.3. The summed E-state index contributed by atoms with van der Waals surface area (Å²) < 4.78 is 1.84. The first kappa shape index (κ1) is 14.5. The number of halogens is 2. The van der Waals surface area contributed by atoms with E-state index in [1.165, 1.54) is 0 Å². The molecule has 0 heterocycles. The first-order chi connectivity index (χ1) is 8.97. The van der Waals surface area contributed by atoms with Gasteiger partial charge in [-0.3, -0.25) is 4.79 Å². The molecule has 0 aliphatic heterocycles. The van der Waals surface area contributed by atoms with Crippen molar-refractivity contribution in [3.63, 3.8) is 0 Å². The number of rotatable bonds is 2. The van der Waals surface area contributed by atoms with Crippen LogP contribution in [0.2, 0.25) is 0 Å². The van der Waals surface area contributed by atoms with Crippen LogP contribution in [-0.2, 0) is 0 Å². The van der Waals surface area contributed by atoms with E-state index in [4.69, 9.17) is 0 Å². The molecule has 0 aliphatic carbocycles. The second kappa shape index (κ2) is 6.05. The number of hydrogen-bond acceptors (Lipinski definition) is 1. The quantitative estimate of drug-likeness (QED) is 0.674. The van der Waals surface area contributed by atoms with Crippen LogP contribution in [0.5, 0.6) is 0 Å². The zero-order valence-electron chi connectivity index (χ0n) is 10.6. The Balaban J connectivity index is 2.30. The molecular weight excluding hydrogens is 417 g/mol. The smallest absolute Gasteiger partial charge is 0.256 e. The second-order valence-corrected chi connectivity index (χ2v) is 6.50. The molecule has 2 rings (SSSR count). The Hall–Kier alpha value is -0.880. The van der Waals surface area contributed by atoms with Crippen LogP contribution >= 0.6 is 38.5 Å². The number of anilines is 1. The van der Waals surface area contributed by atoms with E-state index in [-0.39, 0.29) is 5.91 Å². The van der Waals surface area contributed by atoms with Crippen LogP contribution in [0.25, 0.3) is 0 Å². The normalized spacial score (nSPS) is 10.3. The predicted molar refractivity (Wildman–Crippen MR) is 90.7 cm³/mol. The molecule has 0 atom stereocenters. The van der Waals surface area contributed by atoms with Crippen LogP contribution in [0.4, 0.5) is 5.69 Å². The lowest BCUT2D eigenvalue weighted by molar-refractivity contribution is 0.102.